The van der Waals surface area contributed by atoms with Gasteiger partial charge in [-0.25, -0.2) is 0 Å². The third kappa shape index (κ3) is 3.74. The molecule has 1 N–H and O–H groups in total. The van der Waals surface area contributed by atoms with Crippen LogP contribution in [0.1, 0.15) is 18.4 Å². The largest absolute Gasteiger partial charge is 0.489 e. The van der Waals surface area contributed by atoms with Gasteiger partial charge in [0.2, 0.25) is 11.7 Å². The molecule has 0 spiro atoms. The summed E-state index contributed by atoms with van der Waals surface area (Å²) in [4.78, 5) is 26.4. The maximum atomic E-state index is 13.0. The minimum atomic E-state index is -0.460. The lowest BCUT2D eigenvalue weighted by Crippen LogP contribution is -2.59. The van der Waals surface area contributed by atoms with E-state index in [1.54, 1.807) is 4.90 Å². The van der Waals surface area contributed by atoms with Crippen LogP contribution in [0.5, 0.6) is 0 Å². The van der Waals surface area contributed by atoms with Gasteiger partial charge in [0.05, 0.1) is 20.2 Å². The van der Waals surface area contributed by atoms with Crippen molar-refractivity contribution in [1.82, 2.24) is 4.90 Å². The molecule has 0 bridgehead atoms. The van der Waals surface area contributed by atoms with Gasteiger partial charge in [-0.15, -0.1) is 0 Å². The predicted molar refractivity (Wildman–Crippen MR) is 102 cm³/mol. The van der Waals surface area contributed by atoms with Crippen LogP contribution in [-0.2, 0) is 20.7 Å². The lowest BCUT2D eigenvalue weighted by Gasteiger charge is -2.44. The highest BCUT2D eigenvalue weighted by atomic mass is 35.5. The van der Waals surface area contributed by atoms with E-state index in [9.17, 15) is 9.59 Å². The monoisotopic (exact) mass is 393 g/mol. The van der Waals surface area contributed by atoms with Crippen LogP contribution in [0.2, 0.25) is 5.02 Å². The number of piperidine rings is 1. The number of benzene rings is 1. The summed E-state index contributed by atoms with van der Waals surface area (Å²) in [5.41, 5.74) is 0.945. The lowest BCUT2D eigenvalue weighted by molar-refractivity contribution is -0.898. The molecule has 1 fully saturated rings. The molecule has 0 aromatic heterocycles. The molecule has 27 heavy (non-hydrogen) atoms. The minimum Gasteiger partial charge on any atom is -0.489 e. The zero-order valence-corrected chi connectivity index (χ0v) is 16.5. The molecule has 2 heterocycles. The van der Waals surface area contributed by atoms with Crippen molar-refractivity contribution >= 4 is 23.3 Å². The third-order valence-corrected chi connectivity index (χ3v) is 6.31. The maximum Gasteiger partial charge on any atom is 0.260 e. The van der Waals surface area contributed by atoms with E-state index in [1.807, 2.05) is 30.5 Å². The molecular formula is C20H26ClN2O4+. The molecule has 146 valence electrons. The number of likely N-dealkylation sites (tertiary alicyclic amines) is 1. The average Bonchev–Trinajstić information content (AvgIpc) is 2.94. The molecule has 0 radical (unpaired) electrons. The molecule has 2 aliphatic rings. The van der Waals surface area contributed by atoms with E-state index >= 15 is 0 Å². The van der Waals surface area contributed by atoms with E-state index in [-0.39, 0.29) is 23.8 Å². The molecule has 2 atom stereocenters. The summed E-state index contributed by atoms with van der Waals surface area (Å²) in [6.07, 6.45) is 3.98. The van der Waals surface area contributed by atoms with Crippen LogP contribution in [0.3, 0.4) is 0 Å². The van der Waals surface area contributed by atoms with Crippen molar-refractivity contribution in [1.29, 1.82) is 0 Å². The molecule has 1 aromatic rings. The first kappa shape index (κ1) is 19.9. The number of aliphatic hydroxyl groups is 1. The summed E-state index contributed by atoms with van der Waals surface area (Å²) < 4.78 is 5.80. The Hall–Kier alpha value is -1.89. The molecular weight excluding hydrogens is 368 g/mol. The van der Waals surface area contributed by atoms with Crippen molar-refractivity contribution < 1.29 is 23.9 Å². The van der Waals surface area contributed by atoms with Gasteiger partial charge in [0.15, 0.2) is 6.04 Å². The third-order valence-electron chi connectivity index (χ3n) is 5.94. The molecule has 6 nitrogen and oxygen atoms in total. The molecule has 2 unspecified atom stereocenters. The highest BCUT2D eigenvalue weighted by Crippen LogP contribution is 2.36. The van der Waals surface area contributed by atoms with Crippen LogP contribution < -0.4 is 0 Å². The van der Waals surface area contributed by atoms with Gasteiger partial charge in [0.1, 0.15) is 12.8 Å². The Kier molecular flexibility index (Phi) is 5.89. The Bertz CT molecular complexity index is 758. The Morgan fingerprint density at radius 2 is 2.00 bits per heavy atom. The summed E-state index contributed by atoms with van der Waals surface area (Å²) in [7, 11) is 3.58. The number of halogens is 1. The molecule has 1 aromatic carbocycles. The number of likely N-dealkylation sites (N-methyl/N-ethyl adjacent to an activating group) is 1. The average molecular weight is 394 g/mol. The van der Waals surface area contributed by atoms with Crippen LogP contribution in [0.15, 0.2) is 36.2 Å². The van der Waals surface area contributed by atoms with E-state index in [2.05, 4.69) is 7.05 Å². The quantitative estimate of drug-likeness (QED) is 0.774. The van der Waals surface area contributed by atoms with Crippen LogP contribution in [0.25, 0.3) is 0 Å². The van der Waals surface area contributed by atoms with Crippen LogP contribution >= 0.6 is 11.6 Å². The molecule has 0 saturated carbocycles. The van der Waals surface area contributed by atoms with Gasteiger partial charge in [-0.05, 0) is 11.6 Å². The van der Waals surface area contributed by atoms with E-state index in [4.69, 9.17) is 21.4 Å². The minimum absolute atomic E-state index is 0.00576. The number of nitrogens with zero attached hydrogens (tertiary/aromatic N) is 2. The van der Waals surface area contributed by atoms with Crippen LogP contribution in [0.4, 0.5) is 0 Å². The summed E-state index contributed by atoms with van der Waals surface area (Å²) in [5.74, 6) is 0.145. The number of amides is 1. The highest BCUT2D eigenvalue weighted by molar-refractivity contribution is 6.31. The summed E-state index contributed by atoms with van der Waals surface area (Å²) in [6, 6.07) is 7.48. The summed E-state index contributed by atoms with van der Waals surface area (Å²) >= 11 is 6.34. The van der Waals surface area contributed by atoms with Gasteiger partial charge < -0.3 is 14.7 Å². The predicted octanol–water partition coefficient (Wildman–Crippen LogP) is 1.75. The van der Waals surface area contributed by atoms with Gasteiger partial charge in [0, 0.05) is 37.4 Å². The Morgan fingerprint density at radius 3 is 2.59 bits per heavy atom. The Labute approximate surface area is 164 Å². The number of Topliss-reactive ketones (excluding diaryl/α,β-unsaturated/α-hetero) is 1. The molecule has 1 saturated heterocycles. The summed E-state index contributed by atoms with van der Waals surface area (Å²) in [5, 5.41) is 9.73. The molecule has 7 heteroatoms. The van der Waals surface area contributed by atoms with Gasteiger partial charge >= 0.3 is 0 Å². The van der Waals surface area contributed by atoms with Gasteiger partial charge in [-0.2, -0.15) is 0 Å². The number of rotatable bonds is 5. The van der Waals surface area contributed by atoms with Crippen LogP contribution in [-0.4, -0.2) is 72.1 Å². The lowest BCUT2D eigenvalue weighted by atomic mass is 9.95. The number of ether oxygens (including phenoxy) is 1. The highest BCUT2D eigenvalue weighted by Gasteiger charge is 2.51. The first-order chi connectivity index (χ1) is 12.9. The fourth-order valence-electron chi connectivity index (χ4n) is 4.27. The Balaban J connectivity index is 1.83. The molecule has 3 rings (SSSR count). The second kappa shape index (κ2) is 8.00. The van der Waals surface area contributed by atoms with E-state index < -0.39 is 6.61 Å². The fraction of sp³-hybridized carbons (Fsp3) is 0.500. The standard InChI is InChI=1S/C20H26ClN2O4/c1-23(15-7-9-22(10-8-15)19(25)13-24)12-18(27-2)20(26)17(23)11-14-5-3-4-6-16(14)21/h3-6,12,15,17,24H,7-11,13H2,1-2H3/q+1. The van der Waals surface area contributed by atoms with Gasteiger partial charge in [-0.3, -0.25) is 14.1 Å². The first-order valence-corrected chi connectivity index (χ1v) is 9.57. The number of carbonyl (C=O) groups excluding carboxylic acids is 2. The Morgan fingerprint density at radius 1 is 1.33 bits per heavy atom. The summed E-state index contributed by atoms with van der Waals surface area (Å²) in [6.45, 7) is 0.709. The van der Waals surface area contributed by atoms with Crippen molar-refractivity contribution in [2.45, 2.75) is 31.3 Å². The zero-order chi connectivity index (χ0) is 19.6. The van der Waals surface area contributed by atoms with Crippen molar-refractivity contribution in [3.8, 4) is 0 Å². The van der Waals surface area contributed by atoms with Crippen molar-refractivity contribution in [3.63, 3.8) is 0 Å². The number of methoxy groups -OCH3 is 1. The number of carbonyl (C=O) groups is 2. The number of ketones is 1. The second-order valence-corrected chi connectivity index (χ2v) is 7.77. The van der Waals surface area contributed by atoms with E-state index in [0.717, 1.165) is 18.4 Å². The number of hydrogen-bond acceptors (Lipinski definition) is 4. The molecule has 1 amide bonds. The molecule has 2 aliphatic heterocycles. The number of aliphatic hydroxyl groups excluding tert-OH is 1. The van der Waals surface area contributed by atoms with Gasteiger partial charge in [0.25, 0.3) is 5.78 Å². The molecule has 0 aliphatic carbocycles. The normalized spacial score (nSPS) is 26.2. The maximum absolute atomic E-state index is 13.0. The van der Waals surface area contributed by atoms with E-state index in [0.29, 0.717) is 34.8 Å². The van der Waals surface area contributed by atoms with E-state index in [1.165, 1.54) is 7.11 Å². The van der Waals surface area contributed by atoms with Crippen molar-refractivity contribution in [2.75, 3.05) is 33.9 Å². The number of hydrogen-bond donors (Lipinski definition) is 1. The van der Waals surface area contributed by atoms with Gasteiger partial charge in [-0.1, -0.05) is 29.8 Å². The van der Waals surface area contributed by atoms with Crippen molar-refractivity contribution in [2.24, 2.45) is 0 Å². The smallest absolute Gasteiger partial charge is 0.260 e. The second-order valence-electron chi connectivity index (χ2n) is 7.36. The van der Waals surface area contributed by atoms with Crippen molar-refractivity contribution in [3.05, 3.63) is 46.8 Å². The first-order valence-electron chi connectivity index (χ1n) is 9.19. The topological polar surface area (TPSA) is 66.8 Å². The fourth-order valence-corrected chi connectivity index (χ4v) is 4.48. The van der Waals surface area contributed by atoms with Crippen LogP contribution in [0, 0.1) is 0 Å². The zero-order valence-electron chi connectivity index (χ0n) is 15.7. The number of quaternary nitrogens is 1. The SMILES string of the molecule is COC1=C[N+](C)(C2CCN(C(=O)CO)CC2)C(Cc2ccccc2Cl)C1=O.